The molecule has 1 aromatic heterocycles. The van der Waals surface area contributed by atoms with Gasteiger partial charge in [-0.25, -0.2) is 0 Å². The number of benzene rings is 3. The van der Waals surface area contributed by atoms with Crippen LogP contribution in [0.4, 0.5) is 26.3 Å². The number of carbonyl (C=O) groups is 2. The topological polar surface area (TPSA) is 47.3 Å². The highest BCUT2D eigenvalue weighted by Gasteiger charge is 2.32. The molecule has 0 saturated carbocycles. The molecule has 0 N–H and O–H groups in total. The van der Waals surface area contributed by atoms with Crippen molar-refractivity contribution in [2.24, 2.45) is 0 Å². The molecular weight excluding hydrogens is 622 g/mol. The number of Topliss-reactive ketones (excluding diaryl/α,β-unsaturated/α-hetero) is 1. The van der Waals surface area contributed by atoms with E-state index >= 15 is 0 Å². The van der Waals surface area contributed by atoms with Crippen LogP contribution in [0.25, 0.3) is 11.0 Å². The Morgan fingerprint density at radius 2 is 1.28 bits per heavy atom. The van der Waals surface area contributed by atoms with Crippen LogP contribution in [0, 0.1) is 0 Å². The zero-order chi connectivity index (χ0) is 26.7. The van der Waals surface area contributed by atoms with E-state index < -0.39 is 29.3 Å². The Kier molecular flexibility index (Phi) is 8.45. The molecule has 0 fully saturated rings. The number of hydrogen-bond acceptors (Lipinski definition) is 3. The summed E-state index contributed by atoms with van der Waals surface area (Å²) in [5, 5.41) is 0.715. The van der Waals surface area contributed by atoms with Gasteiger partial charge in [0.2, 0.25) is 5.78 Å². The van der Waals surface area contributed by atoms with E-state index in [1.54, 1.807) is 18.2 Å². The van der Waals surface area contributed by atoms with Crippen LogP contribution in [0.3, 0.4) is 0 Å². The Balaban J connectivity index is 0.000000223. The van der Waals surface area contributed by atoms with Crippen LogP contribution in [0.2, 0.25) is 0 Å². The van der Waals surface area contributed by atoms with E-state index in [1.165, 1.54) is 30.3 Å². The highest BCUT2D eigenvalue weighted by atomic mass is 79.9. The third kappa shape index (κ3) is 6.64. The Morgan fingerprint density at radius 1 is 0.750 bits per heavy atom. The minimum atomic E-state index is -4.49. The van der Waals surface area contributed by atoms with E-state index in [2.05, 4.69) is 31.9 Å². The number of rotatable bonds is 4. The molecule has 4 rings (SSSR count). The maximum atomic E-state index is 12.7. The van der Waals surface area contributed by atoms with Crippen LogP contribution < -0.4 is 0 Å². The highest BCUT2D eigenvalue weighted by Crippen LogP contribution is 2.32. The summed E-state index contributed by atoms with van der Waals surface area (Å²) in [6.45, 7) is 0. The quantitative estimate of drug-likeness (QED) is 0.128. The number of carbonyl (C=O) groups excluding carboxylic acids is 2. The van der Waals surface area contributed by atoms with E-state index in [0.717, 1.165) is 28.7 Å². The zero-order valence-corrected chi connectivity index (χ0v) is 21.1. The molecule has 3 aromatic carbocycles. The van der Waals surface area contributed by atoms with Gasteiger partial charge in [0.25, 0.3) is 0 Å². The van der Waals surface area contributed by atoms with Gasteiger partial charge in [0.15, 0.2) is 11.5 Å². The predicted octanol–water partition coefficient (Wildman–Crippen LogP) is 8.73. The van der Waals surface area contributed by atoms with Gasteiger partial charge in [-0.1, -0.05) is 62.2 Å². The summed E-state index contributed by atoms with van der Waals surface area (Å²) in [4.78, 5) is 23.4. The smallest absolute Gasteiger partial charge is 0.416 e. The van der Waals surface area contributed by atoms with Crippen LogP contribution in [0.5, 0.6) is 0 Å². The Bertz CT molecular complexity index is 1410. The molecule has 0 spiro atoms. The molecule has 0 radical (unpaired) electrons. The average molecular weight is 636 g/mol. The van der Waals surface area contributed by atoms with Gasteiger partial charge in [0.05, 0.1) is 16.5 Å². The normalized spacial score (nSPS) is 11.7. The molecule has 0 aliphatic rings. The van der Waals surface area contributed by atoms with Crippen molar-refractivity contribution in [3.05, 3.63) is 105 Å². The summed E-state index contributed by atoms with van der Waals surface area (Å²) < 4.78 is 81.0. The van der Waals surface area contributed by atoms with Gasteiger partial charge in [-0.05, 0) is 42.5 Å². The molecule has 1 heterocycles. The van der Waals surface area contributed by atoms with Gasteiger partial charge < -0.3 is 4.42 Å². The second-order valence-electron chi connectivity index (χ2n) is 7.31. The summed E-state index contributed by atoms with van der Waals surface area (Å²) in [6, 6.07) is 15.4. The van der Waals surface area contributed by atoms with E-state index in [-0.39, 0.29) is 28.0 Å². The average Bonchev–Trinajstić information content (AvgIpc) is 3.28. The predicted molar refractivity (Wildman–Crippen MR) is 128 cm³/mol. The lowest BCUT2D eigenvalue weighted by Gasteiger charge is -2.07. The van der Waals surface area contributed by atoms with Crippen molar-refractivity contribution in [2.45, 2.75) is 12.4 Å². The fourth-order valence-corrected chi connectivity index (χ4v) is 3.85. The summed E-state index contributed by atoms with van der Waals surface area (Å²) in [5.41, 5.74) is -1.17. The number of ketones is 2. The van der Waals surface area contributed by atoms with Gasteiger partial charge in [-0.15, -0.1) is 0 Å². The van der Waals surface area contributed by atoms with Gasteiger partial charge in [-0.3, -0.25) is 9.59 Å². The van der Waals surface area contributed by atoms with E-state index in [0.29, 0.717) is 11.0 Å². The number of alkyl halides is 7. The van der Waals surface area contributed by atoms with E-state index in [1.807, 2.05) is 0 Å². The Labute approximate surface area is 217 Å². The van der Waals surface area contributed by atoms with Crippen LogP contribution in [0.1, 0.15) is 37.6 Å². The number of hydrogen-bond donors (Lipinski definition) is 0. The molecule has 0 aliphatic carbocycles. The molecule has 0 saturated heterocycles. The Hall–Kier alpha value is -2.92. The standard InChI is InChI=1S/C16H8BrF3O2.C9H6BrF3O/c17-12-5-2-6-13-11(12)8-14(22-13)15(21)9-3-1-4-10(7-9)16(18,19)20;10-5-8(14)6-2-1-3-7(4-6)9(11,12)13/h1-8H;1-4H,5H2. The molecule has 0 amide bonds. The first-order chi connectivity index (χ1) is 16.8. The minimum Gasteiger partial charge on any atom is -0.453 e. The molecule has 188 valence electrons. The van der Waals surface area contributed by atoms with E-state index in [9.17, 15) is 35.9 Å². The van der Waals surface area contributed by atoms with Crippen molar-refractivity contribution in [3.8, 4) is 0 Å². The van der Waals surface area contributed by atoms with Crippen molar-refractivity contribution >= 4 is 54.4 Å². The van der Waals surface area contributed by atoms with Gasteiger partial charge in [-0.2, -0.15) is 26.3 Å². The molecular formula is C25H14Br2F6O3. The number of furan rings is 1. The van der Waals surface area contributed by atoms with Crippen molar-refractivity contribution in [1.82, 2.24) is 0 Å². The fraction of sp³-hybridized carbons (Fsp3) is 0.120. The molecule has 0 unspecified atom stereocenters. The van der Waals surface area contributed by atoms with Crippen LogP contribution >= 0.6 is 31.9 Å². The minimum absolute atomic E-state index is 0.00113. The van der Waals surface area contributed by atoms with Crippen molar-refractivity contribution in [2.75, 3.05) is 5.33 Å². The summed E-state index contributed by atoms with van der Waals surface area (Å²) >= 11 is 6.23. The first-order valence-electron chi connectivity index (χ1n) is 9.97. The monoisotopic (exact) mass is 634 g/mol. The second kappa shape index (κ2) is 11.0. The Morgan fingerprint density at radius 3 is 1.81 bits per heavy atom. The number of halogens is 8. The molecule has 0 aliphatic heterocycles. The summed E-state index contributed by atoms with van der Waals surface area (Å²) in [6.07, 6.45) is -8.89. The second-order valence-corrected chi connectivity index (χ2v) is 8.72. The highest BCUT2D eigenvalue weighted by molar-refractivity contribution is 9.10. The lowest BCUT2D eigenvalue weighted by molar-refractivity contribution is -0.138. The van der Waals surface area contributed by atoms with Gasteiger partial charge in [0.1, 0.15) is 5.58 Å². The molecule has 11 heteroatoms. The SMILES string of the molecule is O=C(CBr)c1cccc(C(F)(F)F)c1.O=C(c1cccc(C(F)(F)F)c1)c1cc2c(Br)cccc2o1. The van der Waals surface area contributed by atoms with Crippen molar-refractivity contribution in [1.29, 1.82) is 0 Å². The molecule has 0 bridgehead atoms. The van der Waals surface area contributed by atoms with Crippen LogP contribution in [-0.2, 0) is 12.4 Å². The number of fused-ring (bicyclic) bond motifs is 1. The molecule has 4 aromatic rings. The molecule has 0 atom stereocenters. The first-order valence-corrected chi connectivity index (χ1v) is 11.9. The third-order valence-corrected chi connectivity index (χ3v) is 6.02. The van der Waals surface area contributed by atoms with Gasteiger partial charge >= 0.3 is 12.4 Å². The van der Waals surface area contributed by atoms with E-state index in [4.69, 9.17) is 4.42 Å². The van der Waals surface area contributed by atoms with Crippen LogP contribution in [-0.4, -0.2) is 16.9 Å². The maximum absolute atomic E-state index is 12.7. The first kappa shape index (κ1) is 27.7. The molecule has 36 heavy (non-hydrogen) atoms. The summed E-state index contributed by atoms with van der Waals surface area (Å²) in [5.74, 6) is -0.952. The lowest BCUT2D eigenvalue weighted by atomic mass is 10.1. The van der Waals surface area contributed by atoms with Crippen LogP contribution in [0.15, 0.2) is 81.7 Å². The van der Waals surface area contributed by atoms with Crippen molar-refractivity contribution in [3.63, 3.8) is 0 Å². The maximum Gasteiger partial charge on any atom is 0.416 e. The zero-order valence-electron chi connectivity index (χ0n) is 17.9. The third-order valence-electron chi connectivity index (χ3n) is 4.82. The van der Waals surface area contributed by atoms with Crippen molar-refractivity contribution < 1.29 is 40.3 Å². The lowest BCUT2D eigenvalue weighted by Crippen LogP contribution is -2.07. The summed E-state index contributed by atoms with van der Waals surface area (Å²) in [7, 11) is 0. The molecule has 3 nitrogen and oxygen atoms in total. The van der Waals surface area contributed by atoms with Gasteiger partial charge in [0, 0.05) is 21.0 Å². The largest absolute Gasteiger partial charge is 0.453 e. The fourth-order valence-electron chi connectivity index (χ4n) is 3.06.